The van der Waals surface area contributed by atoms with Gasteiger partial charge >= 0.3 is 0 Å². The molecule has 1 aromatic rings. The zero-order chi connectivity index (χ0) is 20.5. The molecule has 0 aliphatic carbocycles. The van der Waals surface area contributed by atoms with Gasteiger partial charge < -0.3 is 10.6 Å². The Labute approximate surface area is 196 Å². The van der Waals surface area contributed by atoms with Crippen molar-refractivity contribution in [2.75, 3.05) is 39.0 Å². The van der Waals surface area contributed by atoms with Gasteiger partial charge in [-0.05, 0) is 45.6 Å². The predicted octanol–water partition coefficient (Wildman–Crippen LogP) is 3.64. The summed E-state index contributed by atoms with van der Waals surface area (Å²) in [4.78, 5) is 5.70. The van der Waals surface area contributed by atoms with E-state index < -0.39 is 10.0 Å². The van der Waals surface area contributed by atoms with Gasteiger partial charge in [0.1, 0.15) is 4.21 Å². The third kappa shape index (κ3) is 8.76. The van der Waals surface area contributed by atoms with Gasteiger partial charge in [0.15, 0.2) is 5.96 Å². The summed E-state index contributed by atoms with van der Waals surface area (Å²) < 4.78 is 27.2. The molecule has 1 rings (SSSR count). The Bertz CT molecular complexity index is 701. The molecule has 0 saturated heterocycles. The lowest BCUT2D eigenvalue weighted by molar-refractivity contribution is 0.447. The molecule has 0 spiro atoms. The van der Waals surface area contributed by atoms with Crippen LogP contribution in [0.15, 0.2) is 21.3 Å². The number of rotatable bonds is 11. The van der Waals surface area contributed by atoms with E-state index in [4.69, 9.17) is 0 Å². The highest BCUT2D eigenvalue weighted by Gasteiger charge is 2.23. The summed E-state index contributed by atoms with van der Waals surface area (Å²) in [6.07, 6.45) is 2.85. The molecular weight excluding hydrogens is 527 g/mol. The molecule has 10 heteroatoms. The van der Waals surface area contributed by atoms with Gasteiger partial charge in [-0.15, -0.1) is 35.3 Å². The first kappa shape index (κ1) is 28.0. The van der Waals surface area contributed by atoms with Crippen LogP contribution in [0.3, 0.4) is 0 Å². The highest BCUT2D eigenvalue weighted by molar-refractivity contribution is 14.0. The van der Waals surface area contributed by atoms with Crippen LogP contribution < -0.4 is 10.6 Å². The zero-order valence-electron chi connectivity index (χ0n) is 17.7. The number of halogens is 1. The molecule has 164 valence electrons. The van der Waals surface area contributed by atoms with E-state index in [1.165, 1.54) is 15.6 Å². The fourth-order valence-corrected chi connectivity index (χ4v) is 5.46. The molecule has 6 nitrogen and oxygen atoms in total. The Morgan fingerprint density at radius 2 is 1.86 bits per heavy atom. The lowest BCUT2D eigenvalue weighted by Crippen LogP contribution is -2.39. The average molecular weight is 563 g/mol. The third-order valence-electron chi connectivity index (χ3n) is 4.12. The van der Waals surface area contributed by atoms with Crippen LogP contribution in [0.1, 0.15) is 39.5 Å². The Morgan fingerprint density at radius 3 is 2.39 bits per heavy atom. The van der Waals surface area contributed by atoms with Crippen LogP contribution in [-0.2, 0) is 16.4 Å². The molecule has 0 fully saturated rings. The molecule has 1 heterocycles. The van der Waals surface area contributed by atoms with E-state index in [-0.39, 0.29) is 28.7 Å². The molecule has 2 N–H and O–H groups in total. The van der Waals surface area contributed by atoms with Crippen molar-refractivity contribution < 1.29 is 8.42 Å². The molecule has 0 radical (unpaired) electrons. The summed E-state index contributed by atoms with van der Waals surface area (Å²) in [5.41, 5.74) is 0. The largest absolute Gasteiger partial charge is 0.357 e. The van der Waals surface area contributed by atoms with Crippen LogP contribution in [0, 0.1) is 0 Å². The summed E-state index contributed by atoms with van der Waals surface area (Å²) in [6.45, 7) is 13.3. The normalized spacial score (nSPS) is 12.8. The molecule has 0 amide bonds. The molecule has 0 bridgehead atoms. The van der Waals surface area contributed by atoms with Gasteiger partial charge in [0, 0.05) is 35.8 Å². The number of thiophene rings is 1. The van der Waals surface area contributed by atoms with Crippen LogP contribution in [-0.4, -0.2) is 62.4 Å². The van der Waals surface area contributed by atoms with E-state index >= 15 is 0 Å². The van der Waals surface area contributed by atoms with Crippen LogP contribution in [0.25, 0.3) is 0 Å². The zero-order valence-corrected chi connectivity index (χ0v) is 22.5. The lowest BCUT2D eigenvalue weighted by atomic mass is 10.2. The fourth-order valence-electron chi connectivity index (χ4n) is 2.30. The van der Waals surface area contributed by atoms with Crippen molar-refractivity contribution in [2.24, 2.45) is 4.99 Å². The number of hydrogen-bond donors (Lipinski definition) is 2. The summed E-state index contributed by atoms with van der Waals surface area (Å²) in [7, 11) is -3.37. The van der Waals surface area contributed by atoms with Crippen LogP contribution in [0.5, 0.6) is 0 Å². The van der Waals surface area contributed by atoms with E-state index in [2.05, 4.69) is 35.7 Å². The number of thioether (sulfide) groups is 1. The van der Waals surface area contributed by atoms with Crippen molar-refractivity contribution in [1.29, 1.82) is 0 Å². The molecule has 0 unspecified atom stereocenters. The summed E-state index contributed by atoms with van der Waals surface area (Å²) in [5.74, 6) is 0.798. The van der Waals surface area contributed by atoms with Crippen molar-refractivity contribution in [3.8, 4) is 0 Å². The highest BCUT2D eigenvalue weighted by atomic mass is 127. The van der Waals surface area contributed by atoms with Crippen LogP contribution in [0.2, 0.25) is 0 Å². The van der Waals surface area contributed by atoms with Gasteiger partial charge in [-0.3, -0.25) is 4.99 Å². The number of guanidine groups is 1. The first-order valence-corrected chi connectivity index (χ1v) is 12.8. The maximum absolute atomic E-state index is 12.6. The van der Waals surface area contributed by atoms with E-state index in [0.29, 0.717) is 23.8 Å². The minimum atomic E-state index is -3.37. The molecule has 0 aromatic carbocycles. The SMILES string of the molecule is CCNC(=NCC(C)(C)SC)NCCc1ccc(S(=O)(=O)N(CC)CC)s1.I. The second-order valence-corrected chi connectivity index (χ2v) is 11.5. The fraction of sp³-hybridized carbons (Fsp3) is 0.722. The number of aliphatic imine (C=N–C) groups is 1. The lowest BCUT2D eigenvalue weighted by Gasteiger charge is -2.20. The molecule has 0 saturated carbocycles. The minimum absolute atomic E-state index is 0. The number of nitrogens with zero attached hydrogens (tertiary/aromatic N) is 2. The van der Waals surface area contributed by atoms with E-state index in [9.17, 15) is 8.42 Å². The average Bonchev–Trinajstić information content (AvgIpc) is 3.10. The van der Waals surface area contributed by atoms with Crippen molar-refractivity contribution in [3.05, 3.63) is 17.0 Å². The van der Waals surface area contributed by atoms with Crippen molar-refractivity contribution in [1.82, 2.24) is 14.9 Å². The van der Waals surface area contributed by atoms with Crippen molar-refractivity contribution >= 4 is 63.1 Å². The standard InChI is InChI=1S/C18H34N4O2S3.HI/c1-7-19-17(21-14-18(4,5)25-6)20-13-12-15-10-11-16(26-15)27(23,24)22(8-2)9-3;/h10-11H,7-9,12-14H2,1-6H3,(H2,19,20,21);1H. The van der Waals surface area contributed by atoms with E-state index in [0.717, 1.165) is 30.3 Å². The second-order valence-electron chi connectivity index (χ2n) is 6.65. The summed E-state index contributed by atoms with van der Waals surface area (Å²) in [5, 5.41) is 6.59. The quantitative estimate of drug-likeness (QED) is 0.245. The van der Waals surface area contributed by atoms with Crippen molar-refractivity contribution in [2.45, 2.75) is 50.0 Å². The summed E-state index contributed by atoms with van der Waals surface area (Å²) >= 11 is 3.15. The maximum atomic E-state index is 12.6. The van der Waals surface area contributed by atoms with Gasteiger partial charge in [-0.2, -0.15) is 16.1 Å². The highest BCUT2D eigenvalue weighted by Crippen LogP contribution is 2.25. The Hall–Kier alpha value is -0.0400. The van der Waals surface area contributed by atoms with E-state index in [1.807, 2.05) is 26.8 Å². The Kier molecular flexibility index (Phi) is 13.3. The molecular formula is C18H35IN4O2S3. The van der Waals surface area contributed by atoms with Gasteiger partial charge in [-0.25, -0.2) is 8.42 Å². The first-order valence-electron chi connectivity index (χ1n) is 9.36. The first-order chi connectivity index (χ1) is 12.7. The second kappa shape index (κ2) is 13.3. The number of sulfonamides is 1. The van der Waals surface area contributed by atoms with Crippen LogP contribution >= 0.6 is 47.1 Å². The molecule has 0 aliphatic rings. The molecule has 28 heavy (non-hydrogen) atoms. The van der Waals surface area contributed by atoms with Gasteiger partial charge in [0.25, 0.3) is 10.0 Å². The topological polar surface area (TPSA) is 73.8 Å². The number of hydrogen-bond acceptors (Lipinski definition) is 5. The number of nitrogens with one attached hydrogen (secondary N) is 2. The molecule has 0 aliphatic heterocycles. The Balaban J connectivity index is 0.00000729. The van der Waals surface area contributed by atoms with Gasteiger partial charge in [0.05, 0.1) is 6.54 Å². The van der Waals surface area contributed by atoms with Crippen LogP contribution in [0.4, 0.5) is 0 Å². The Morgan fingerprint density at radius 1 is 1.21 bits per heavy atom. The molecule has 1 aromatic heterocycles. The molecule has 0 atom stereocenters. The van der Waals surface area contributed by atoms with Gasteiger partial charge in [0.2, 0.25) is 0 Å². The third-order valence-corrected chi connectivity index (χ3v) is 9.01. The van der Waals surface area contributed by atoms with Gasteiger partial charge in [-0.1, -0.05) is 13.8 Å². The monoisotopic (exact) mass is 562 g/mol. The maximum Gasteiger partial charge on any atom is 0.252 e. The smallest absolute Gasteiger partial charge is 0.252 e. The van der Waals surface area contributed by atoms with Crippen molar-refractivity contribution in [3.63, 3.8) is 0 Å². The van der Waals surface area contributed by atoms with E-state index in [1.54, 1.807) is 17.8 Å². The predicted molar refractivity (Wildman–Crippen MR) is 135 cm³/mol. The minimum Gasteiger partial charge on any atom is -0.357 e. The summed E-state index contributed by atoms with van der Waals surface area (Å²) in [6, 6.07) is 3.62.